The summed E-state index contributed by atoms with van der Waals surface area (Å²) in [6.45, 7) is 14.6. The summed E-state index contributed by atoms with van der Waals surface area (Å²) in [4.78, 5) is 64.0. The summed E-state index contributed by atoms with van der Waals surface area (Å²) in [7, 11) is 0. The quantitative estimate of drug-likeness (QED) is 0.0152. The number of hydrogen-bond donors (Lipinski definition) is 0. The lowest BCUT2D eigenvalue weighted by atomic mass is 10.2. The molecule has 0 saturated carbocycles. The summed E-state index contributed by atoms with van der Waals surface area (Å²) in [5.74, 6) is 4.36. The first kappa shape index (κ1) is 112. The molecule has 0 bridgehead atoms. The molecule has 0 amide bonds. The number of ether oxygens (including phenoxy) is 10. The van der Waals surface area contributed by atoms with Crippen LogP contribution in [0.4, 0.5) is 23.5 Å². The Morgan fingerprint density at radius 1 is 0.176 bits per heavy atom. The molecule has 125 heavy (non-hydrogen) atoms. The second-order valence-corrected chi connectivity index (χ2v) is 30.6. The molecule has 15 nitrogen and oxygen atoms in total. The zero-order chi connectivity index (χ0) is 86.0. The summed E-state index contributed by atoms with van der Waals surface area (Å²) in [5.41, 5.74) is 2.47. The van der Waals surface area contributed by atoms with Crippen molar-refractivity contribution in [2.75, 3.05) is 33.0 Å². The Morgan fingerprint density at radius 2 is 0.296 bits per heavy atom. The van der Waals surface area contributed by atoms with E-state index in [1.165, 1.54) is 128 Å². The zero-order valence-electron chi connectivity index (χ0n) is 72.0. The number of benzene rings is 10. The first-order valence-electron chi connectivity index (χ1n) is 42.0. The summed E-state index contributed by atoms with van der Waals surface area (Å²) < 4.78 is 55.0. The zero-order valence-corrected chi connectivity index (χ0v) is 76.1. The smallest absolute Gasteiger partial charge is 0.343 e. The third-order valence-electron chi connectivity index (χ3n) is 18.2. The molecular weight excluding hydrogens is 1700 g/mol. The largest absolute Gasteiger partial charge is 0.494 e. The molecule has 0 aliphatic heterocycles. The number of hydrogen-bond acceptors (Lipinski definition) is 15. The van der Waals surface area contributed by atoms with E-state index in [1.807, 2.05) is 0 Å². The van der Waals surface area contributed by atoms with E-state index in [0.29, 0.717) is 114 Å². The molecule has 0 saturated heterocycles. The molecule has 0 spiro atoms. The summed E-state index contributed by atoms with van der Waals surface area (Å²) in [6.07, 6.45) is 30.2. The van der Waals surface area contributed by atoms with Gasteiger partial charge in [-0.2, -0.15) is 0 Å². The van der Waals surface area contributed by atoms with Gasteiger partial charge in [-0.05, 0) is 275 Å². The highest BCUT2D eigenvalue weighted by molar-refractivity contribution is 7.81. The Bertz CT molecular complexity index is 3800. The first-order valence-corrected chi connectivity index (χ1v) is 44.1. The Kier molecular flexibility index (Phi) is 61.7. The van der Waals surface area contributed by atoms with Crippen molar-refractivity contribution in [3.8, 4) is 57.5 Å². The van der Waals surface area contributed by atoms with Crippen LogP contribution >= 0.6 is 63.1 Å². The number of rotatable bonds is 45. The van der Waals surface area contributed by atoms with Gasteiger partial charge in [0.15, 0.2) is 0 Å². The third-order valence-corrected chi connectivity index (χ3v) is 19.6. The van der Waals surface area contributed by atoms with E-state index in [0.717, 1.165) is 60.9 Å². The maximum atomic E-state index is 12.1. The molecule has 0 aliphatic carbocycles. The Labute approximate surface area is 763 Å². The highest BCUT2D eigenvalue weighted by atomic mass is 32.1. The van der Waals surface area contributed by atoms with Crippen molar-refractivity contribution in [1.29, 1.82) is 0 Å². The van der Waals surface area contributed by atoms with Gasteiger partial charge in [-0.1, -0.05) is 226 Å². The van der Waals surface area contributed by atoms with Gasteiger partial charge in [-0.25, -0.2) is 24.0 Å². The van der Waals surface area contributed by atoms with Gasteiger partial charge in [-0.15, -0.1) is 0 Å². The van der Waals surface area contributed by atoms with E-state index >= 15 is 0 Å². The number of halogens is 5. The van der Waals surface area contributed by atoms with E-state index in [4.69, 9.17) is 111 Å². The highest BCUT2D eigenvalue weighted by Crippen LogP contribution is 2.26. The molecule has 10 rings (SSSR count). The molecular formula is C100H120F5O15S5. The second-order valence-electron chi connectivity index (χ2n) is 28.2. The van der Waals surface area contributed by atoms with Crippen LogP contribution in [0.3, 0.4) is 0 Å². The van der Waals surface area contributed by atoms with Gasteiger partial charge in [-0.3, -0.25) is 23.5 Å². The monoisotopic (exact) mass is 1820 g/mol. The maximum absolute atomic E-state index is 12.1. The van der Waals surface area contributed by atoms with Crippen molar-refractivity contribution in [2.45, 2.75) is 220 Å². The number of carbonyl (C=O) groups is 5. The van der Waals surface area contributed by atoms with Crippen LogP contribution in [0, 0.1) is 0 Å². The molecule has 25 heteroatoms. The molecule has 0 unspecified atom stereocenters. The molecule has 0 aromatic heterocycles. The number of unbranched alkanes of at least 4 members (excludes halogenated alkanes) is 20. The van der Waals surface area contributed by atoms with Gasteiger partial charge in [0.25, 0.3) is 0 Å². The summed E-state index contributed by atoms with van der Waals surface area (Å²) in [6, 6.07) is 69.4. The topological polar surface area (TPSA) is 178 Å². The van der Waals surface area contributed by atoms with Gasteiger partial charge >= 0.3 is 29.8 Å². The third kappa shape index (κ3) is 49.0. The van der Waals surface area contributed by atoms with Crippen LogP contribution in [-0.2, 0) is 0 Å². The van der Waals surface area contributed by atoms with Crippen molar-refractivity contribution in [3.63, 3.8) is 0 Å². The van der Waals surface area contributed by atoms with Gasteiger partial charge < -0.3 is 47.4 Å². The predicted molar refractivity (Wildman–Crippen MR) is 502 cm³/mol. The Hall–Kier alpha value is -10.7. The van der Waals surface area contributed by atoms with Crippen molar-refractivity contribution >= 4 is 93.0 Å². The molecule has 0 fully saturated rings. The highest BCUT2D eigenvalue weighted by Gasteiger charge is 2.15. The van der Waals surface area contributed by atoms with Crippen LogP contribution in [0.1, 0.15) is 247 Å². The normalized spacial score (nSPS) is 9.96. The van der Waals surface area contributed by atoms with Crippen molar-refractivity contribution in [1.82, 2.24) is 0 Å². The van der Waals surface area contributed by atoms with Crippen LogP contribution < -0.4 is 47.4 Å². The van der Waals surface area contributed by atoms with Crippen LogP contribution in [0.2, 0.25) is 0 Å². The van der Waals surface area contributed by atoms with Crippen molar-refractivity contribution in [3.05, 3.63) is 270 Å². The summed E-state index contributed by atoms with van der Waals surface area (Å²) >= 11 is 25.0. The first-order chi connectivity index (χ1) is 58.4. The fourth-order valence-corrected chi connectivity index (χ4v) is 12.0. The minimum Gasteiger partial charge on any atom is -0.494 e. The fourth-order valence-electron chi connectivity index (χ4n) is 11.3. The van der Waals surface area contributed by atoms with Crippen LogP contribution in [0.25, 0.3) is 0 Å². The van der Waals surface area contributed by atoms with Gasteiger partial charge in [0.1, 0.15) is 57.5 Å². The molecule has 0 aliphatic rings. The van der Waals surface area contributed by atoms with E-state index in [2.05, 4.69) is 34.6 Å². The fraction of sp³-hybridized carbons (Fsp3) is 0.350. The molecule has 5 radical (unpaired) electrons. The van der Waals surface area contributed by atoms with Crippen LogP contribution in [0.5, 0.6) is 57.5 Å². The summed E-state index contributed by atoms with van der Waals surface area (Å²) in [5, 5.41) is 0. The van der Waals surface area contributed by atoms with E-state index < -0.39 is 29.8 Å². The van der Waals surface area contributed by atoms with Crippen LogP contribution in [-0.4, -0.2) is 62.9 Å². The predicted octanol–water partition coefficient (Wildman–Crippen LogP) is 29.8. The number of esters is 5. The second kappa shape index (κ2) is 68.6. The van der Waals surface area contributed by atoms with E-state index in [-0.39, 0.29) is 23.5 Å². The van der Waals surface area contributed by atoms with E-state index in [1.54, 1.807) is 243 Å². The SMILES string of the molecule is CCCCCCCOc1ccc(C(=O)Oc2ccc([S])cc2)cc1.CCCCCCCOc1ccc(C(=O)Oc2ccc([S])cc2)cc1.CCCCCCCOc1ccc(C(=O)Oc2ccc([S])cc2)cc1.CCCCCCCOc1ccc(C(=O)Oc2ccc([S])cc2)cc1.CCCCCCCOc1ccc(C(=O)Oc2ccc([S])cc2)cc1.F.F.F.F.F. The maximum Gasteiger partial charge on any atom is 0.343 e. The lowest BCUT2D eigenvalue weighted by Crippen LogP contribution is -2.08. The minimum atomic E-state index is -0.391. The Morgan fingerprint density at radius 3 is 0.424 bits per heavy atom. The lowest BCUT2D eigenvalue weighted by Gasteiger charge is -2.07. The molecule has 10 aromatic rings. The molecule has 0 atom stereocenters. The average molecular weight is 1820 g/mol. The van der Waals surface area contributed by atoms with Crippen LogP contribution in [0.15, 0.2) is 267 Å². The Balaban J connectivity index is 0.000000774. The van der Waals surface area contributed by atoms with Crippen molar-refractivity contribution in [2.24, 2.45) is 0 Å². The van der Waals surface area contributed by atoms with Gasteiger partial charge in [0.05, 0.1) is 60.9 Å². The van der Waals surface area contributed by atoms with Gasteiger partial charge in [0, 0.05) is 24.5 Å². The number of carbonyl (C=O) groups excluding carboxylic acids is 5. The van der Waals surface area contributed by atoms with Crippen molar-refractivity contribution < 1.29 is 94.9 Å². The van der Waals surface area contributed by atoms with E-state index in [9.17, 15) is 24.0 Å². The average Bonchev–Trinajstić information content (AvgIpc) is 0.887. The lowest BCUT2D eigenvalue weighted by molar-refractivity contribution is 0.0725. The molecule has 0 N–H and O–H groups in total. The minimum absolute atomic E-state index is 0. The molecule has 0 heterocycles. The standard InChI is InChI=1S/5C20H23O3S.5FH/c5*1-2-3-4-5-6-15-22-17-9-7-16(8-10-17)20(21)23-18-11-13-19(24)14-12-18;;;;;/h5*7-14H,2-6,15H2,1H3;5*1H. The molecule has 675 valence electrons. The van der Waals surface area contributed by atoms with Gasteiger partial charge in [0.2, 0.25) is 0 Å². The molecule has 10 aromatic carbocycles.